The predicted molar refractivity (Wildman–Crippen MR) is 67.2 cm³/mol. The number of halogens is 1. The summed E-state index contributed by atoms with van der Waals surface area (Å²) in [6.45, 7) is 6.42. The van der Waals surface area contributed by atoms with Crippen LogP contribution in [0, 0.1) is 12.8 Å². The first-order valence-electron chi connectivity index (χ1n) is 5.25. The Hall–Kier alpha value is -0.640. The fourth-order valence-electron chi connectivity index (χ4n) is 1.31. The van der Waals surface area contributed by atoms with Gasteiger partial charge in [-0.1, -0.05) is 13.8 Å². The Labute approximate surface area is 99.8 Å². The van der Waals surface area contributed by atoms with Gasteiger partial charge in [0.25, 0.3) is 0 Å². The molecule has 1 heterocycles. The first-order valence-corrected chi connectivity index (χ1v) is 6.04. The standard InChI is InChI=1S/C11H18BrN3/c1-7(2)5-6-9-14-8(3)10(12)11(13-4)15-9/h7H,5-6H2,1-4H3,(H,13,14,15). The molecular formula is C11H18BrN3. The van der Waals surface area contributed by atoms with Crippen LogP contribution >= 0.6 is 15.9 Å². The predicted octanol–water partition coefficient (Wildman–Crippen LogP) is 3.18. The maximum Gasteiger partial charge on any atom is 0.144 e. The summed E-state index contributed by atoms with van der Waals surface area (Å²) in [4.78, 5) is 8.91. The third-order valence-corrected chi connectivity index (χ3v) is 3.19. The van der Waals surface area contributed by atoms with Crippen molar-refractivity contribution in [1.29, 1.82) is 0 Å². The largest absolute Gasteiger partial charge is 0.372 e. The zero-order valence-corrected chi connectivity index (χ0v) is 11.3. The van der Waals surface area contributed by atoms with E-state index in [0.717, 1.165) is 34.7 Å². The van der Waals surface area contributed by atoms with Gasteiger partial charge in [0.1, 0.15) is 11.6 Å². The van der Waals surface area contributed by atoms with Crippen molar-refractivity contribution in [3.05, 3.63) is 16.0 Å². The Morgan fingerprint density at radius 2 is 2.00 bits per heavy atom. The third kappa shape index (κ3) is 3.45. The maximum atomic E-state index is 4.46. The Bertz CT molecular complexity index is 337. The highest BCUT2D eigenvalue weighted by atomic mass is 79.9. The highest BCUT2D eigenvalue weighted by molar-refractivity contribution is 9.10. The van der Waals surface area contributed by atoms with E-state index in [0.29, 0.717) is 5.92 Å². The molecule has 0 spiro atoms. The molecule has 1 rings (SSSR count). The van der Waals surface area contributed by atoms with E-state index >= 15 is 0 Å². The second-order valence-electron chi connectivity index (χ2n) is 4.07. The van der Waals surface area contributed by atoms with Crippen LogP contribution in [0.15, 0.2) is 4.47 Å². The molecule has 0 aliphatic rings. The number of aryl methyl sites for hydroxylation is 2. The van der Waals surface area contributed by atoms with Crippen LogP contribution in [0.5, 0.6) is 0 Å². The summed E-state index contributed by atoms with van der Waals surface area (Å²) in [5.41, 5.74) is 0.994. The van der Waals surface area contributed by atoms with Gasteiger partial charge in [-0.3, -0.25) is 0 Å². The molecule has 0 aliphatic heterocycles. The van der Waals surface area contributed by atoms with Crippen molar-refractivity contribution in [3.8, 4) is 0 Å². The number of nitrogens with zero attached hydrogens (tertiary/aromatic N) is 2. The Morgan fingerprint density at radius 3 is 2.53 bits per heavy atom. The van der Waals surface area contributed by atoms with E-state index in [2.05, 4.69) is 45.1 Å². The van der Waals surface area contributed by atoms with Crippen LogP contribution in [0.4, 0.5) is 5.82 Å². The molecule has 1 aromatic heterocycles. The van der Waals surface area contributed by atoms with Gasteiger partial charge in [0.2, 0.25) is 0 Å². The highest BCUT2D eigenvalue weighted by Crippen LogP contribution is 2.22. The molecule has 0 fully saturated rings. The molecule has 1 N–H and O–H groups in total. The van der Waals surface area contributed by atoms with Crippen molar-refractivity contribution in [1.82, 2.24) is 9.97 Å². The topological polar surface area (TPSA) is 37.8 Å². The monoisotopic (exact) mass is 271 g/mol. The highest BCUT2D eigenvalue weighted by Gasteiger charge is 2.08. The van der Waals surface area contributed by atoms with E-state index in [9.17, 15) is 0 Å². The lowest BCUT2D eigenvalue weighted by Gasteiger charge is -2.09. The number of hydrogen-bond donors (Lipinski definition) is 1. The number of aromatic nitrogens is 2. The van der Waals surface area contributed by atoms with E-state index in [-0.39, 0.29) is 0 Å². The molecular weight excluding hydrogens is 254 g/mol. The molecule has 0 aromatic carbocycles. The van der Waals surface area contributed by atoms with E-state index in [4.69, 9.17) is 0 Å². The smallest absolute Gasteiger partial charge is 0.144 e. The number of nitrogens with one attached hydrogen (secondary N) is 1. The molecule has 0 atom stereocenters. The van der Waals surface area contributed by atoms with Crippen molar-refractivity contribution >= 4 is 21.7 Å². The average molecular weight is 272 g/mol. The summed E-state index contributed by atoms with van der Waals surface area (Å²) < 4.78 is 0.957. The molecule has 0 amide bonds. The summed E-state index contributed by atoms with van der Waals surface area (Å²) in [6, 6.07) is 0. The van der Waals surface area contributed by atoms with Gasteiger partial charge in [0, 0.05) is 13.5 Å². The molecule has 0 saturated heterocycles. The second kappa shape index (κ2) is 5.45. The van der Waals surface area contributed by atoms with Gasteiger partial charge in [-0.2, -0.15) is 0 Å². The van der Waals surface area contributed by atoms with Crippen molar-refractivity contribution < 1.29 is 0 Å². The maximum absolute atomic E-state index is 4.46. The second-order valence-corrected chi connectivity index (χ2v) is 4.86. The van der Waals surface area contributed by atoms with E-state index in [1.165, 1.54) is 0 Å². The number of hydrogen-bond acceptors (Lipinski definition) is 3. The van der Waals surface area contributed by atoms with E-state index in [1.54, 1.807) is 0 Å². The van der Waals surface area contributed by atoms with Gasteiger partial charge in [-0.05, 0) is 35.2 Å². The zero-order chi connectivity index (χ0) is 11.4. The van der Waals surface area contributed by atoms with Crippen LogP contribution in [-0.2, 0) is 6.42 Å². The molecule has 0 aliphatic carbocycles. The SMILES string of the molecule is CNc1nc(CCC(C)C)nc(C)c1Br. The van der Waals surface area contributed by atoms with Gasteiger partial charge < -0.3 is 5.32 Å². The summed E-state index contributed by atoms with van der Waals surface area (Å²) >= 11 is 3.47. The van der Waals surface area contributed by atoms with E-state index in [1.807, 2.05) is 14.0 Å². The Kier molecular flexibility index (Phi) is 4.51. The minimum absolute atomic E-state index is 0.690. The third-order valence-electron chi connectivity index (χ3n) is 2.25. The molecule has 15 heavy (non-hydrogen) atoms. The fraction of sp³-hybridized carbons (Fsp3) is 0.636. The van der Waals surface area contributed by atoms with Crippen molar-refractivity contribution in [3.63, 3.8) is 0 Å². The summed E-state index contributed by atoms with van der Waals surface area (Å²) in [7, 11) is 1.87. The quantitative estimate of drug-likeness (QED) is 0.914. The van der Waals surface area contributed by atoms with Crippen molar-refractivity contribution in [2.75, 3.05) is 12.4 Å². The molecule has 4 heteroatoms. The first kappa shape index (κ1) is 12.4. The van der Waals surface area contributed by atoms with E-state index < -0.39 is 0 Å². The van der Waals surface area contributed by atoms with Crippen LogP contribution in [0.25, 0.3) is 0 Å². The van der Waals surface area contributed by atoms with Crippen LogP contribution in [0.1, 0.15) is 31.8 Å². The molecule has 0 unspecified atom stereocenters. The minimum atomic E-state index is 0.690. The van der Waals surface area contributed by atoms with Crippen LogP contribution < -0.4 is 5.32 Å². The average Bonchev–Trinajstić information content (AvgIpc) is 2.19. The van der Waals surface area contributed by atoms with Crippen LogP contribution in [0.3, 0.4) is 0 Å². The Morgan fingerprint density at radius 1 is 1.33 bits per heavy atom. The lowest BCUT2D eigenvalue weighted by atomic mass is 10.1. The van der Waals surface area contributed by atoms with Crippen LogP contribution in [-0.4, -0.2) is 17.0 Å². The van der Waals surface area contributed by atoms with Gasteiger partial charge >= 0.3 is 0 Å². The molecule has 0 saturated carbocycles. The first-order chi connectivity index (χ1) is 7.04. The number of rotatable bonds is 4. The van der Waals surface area contributed by atoms with Gasteiger partial charge in [-0.25, -0.2) is 9.97 Å². The molecule has 0 bridgehead atoms. The van der Waals surface area contributed by atoms with Gasteiger partial charge in [0.15, 0.2) is 0 Å². The molecule has 1 aromatic rings. The molecule has 0 radical (unpaired) electrons. The Balaban J connectivity index is 2.86. The van der Waals surface area contributed by atoms with Crippen LogP contribution in [0.2, 0.25) is 0 Å². The van der Waals surface area contributed by atoms with Crippen molar-refractivity contribution in [2.45, 2.75) is 33.6 Å². The fourth-order valence-corrected chi connectivity index (χ4v) is 1.69. The molecule has 3 nitrogen and oxygen atoms in total. The summed E-state index contributed by atoms with van der Waals surface area (Å²) in [6.07, 6.45) is 2.07. The summed E-state index contributed by atoms with van der Waals surface area (Å²) in [5, 5.41) is 3.07. The lowest BCUT2D eigenvalue weighted by Crippen LogP contribution is -2.04. The zero-order valence-electron chi connectivity index (χ0n) is 9.76. The van der Waals surface area contributed by atoms with Crippen molar-refractivity contribution in [2.24, 2.45) is 5.92 Å². The number of anilines is 1. The summed E-state index contributed by atoms with van der Waals surface area (Å²) in [5.74, 6) is 2.49. The van der Waals surface area contributed by atoms with Gasteiger partial charge in [0.05, 0.1) is 10.2 Å². The normalized spacial score (nSPS) is 10.8. The minimum Gasteiger partial charge on any atom is -0.372 e. The van der Waals surface area contributed by atoms with Gasteiger partial charge in [-0.15, -0.1) is 0 Å². The lowest BCUT2D eigenvalue weighted by molar-refractivity contribution is 0.574. The molecule has 84 valence electrons.